The topological polar surface area (TPSA) is 36.0 Å². The van der Waals surface area contributed by atoms with Gasteiger partial charge in [0.25, 0.3) is 0 Å². The molecule has 14 heavy (non-hydrogen) atoms. The molecule has 0 unspecified atom stereocenters. The van der Waals surface area contributed by atoms with Crippen molar-refractivity contribution >= 4 is 10.9 Å². The zero-order valence-corrected chi connectivity index (χ0v) is 8.59. The number of phenolic OH excluding ortho intramolecular Hbond substituents is 1. The van der Waals surface area contributed by atoms with E-state index < -0.39 is 0 Å². The van der Waals surface area contributed by atoms with Crippen molar-refractivity contribution in [3.05, 3.63) is 29.5 Å². The molecular formula is C12H15NO. The van der Waals surface area contributed by atoms with Crippen LogP contribution in [0.3, 0.4) is 0 Å². The maximum atomic E-state index is 9.42. The van der Waals surface area contributed by atoms with E-state index in [1.165, 1.54) is 11.3 Å². The van der Waals surface area contributed by atoms with Gasteiger partial charge >= 0.3 is 0 Å². The Labute approximate surface area is 83.6 Å². The first kappa shape index (κ1) is 9.13. The summed E-state index contributed by atoms with van der Waals surface area (Å²) in [6.45, 7) is 4.25. The van der Waals surface area contributed by atoms with Gasteiger partial charge in [-0.1, -0.05) is 13.3 Å². The number of nitrogens with one attached hydrogen (secondary N) is 1. The average Bonchev–Trinajstić information content (AvgIpc) is 2.45. The Morgan fingerprint density at radius 3 is 2.86 bits per heavy atom. The minimum absolute atomic E-state index is 0.342. The van der Waals surface area contributed by atoms with Crippen molar-refractivity contribution < 1.29 is 5.11 Å². The van der Waals surface area contributed by atoms with Crippen LogP contribution in [0, 0.1) is 6.92 Å². The normalized spacial score (nSPS) is 11.0. The van der Waals surface area contributed by atoms with Crippen LogP contribution in [0.15, 0.2) is 18.2 Å². The van der Waals surface area contributed by atoms with E-state index in [9.17, 15) is 5.11 Å². The van der Waals surface area contributed by atoms with E-state index in [1.807, 2.05) is 12.1 Å². The highest BCUT2D eigenvalue weighted by Gasteiger charge is 2.07. The molecule has 0 amide bonds. The molecule has 0 spiro atoms. The highest BCUT2D eigenvalue weighted by molar-refractivity contribution is 5.85. The van der Waals surface area contributed by atoms with Crippen LogP contribution >= 0.6 is 0 Å². The quantitative estimate of drug-likeness (QED) is 0.748. The van der Waals surface area contributed by atoms with E-state index >= 15 is 0 Å². The van der Waals surface area contributed by atoms with Gasteiger partial charge in [-0.3, -0.25) is 0 Å². The molecule has 1 aromatic carbocycles. The fraction of sp³-hybridized carbons (Fsp3) is 0.333. The maximum absolute atomic E-state index is 9.42. The summed E-state index contributed by atoms with van der Waals surface area (Å²) in [5.74, 6) is 0.342. The standard InChI is InChI=1S/C12H15NO/c1-3-4-10-8(2)13-12-6-5-9(14)7-11(10)12/h5-7,13-14H,3-4H2,1-2H3. The number of benzene rings is 1. The highest BCUT2D eigenvalue weighted by Crippen LogP contribution is 2.26. The molecule has 0 fully saturated rings. The van der Waals surface area contributed by atoms with Crippen LogP contribution in [-0.2, 0) is 6.42 Å². The van der Waals surface area contributed by atoms with Crippen LogP contribution in [0.1, 0.15) is 24.6 Å². The first-order valence-corrected chi connectivity index (χ1v) is 5.02. The molecule has 0 saturated heterocycles. The Morgan fingerprint density at radius 1 is 1.36 bits per heavy atom. The van der Waals surface area contributed by atoms with Gasteiger partial charge in [0, 0.05) is 16.6 Å². The summed E-state index contributed by atoms with van der Waals surface area (Å²) in [6, 6.07) is 5.48. The number of aromatic amines is 1. The summed E-state index contributed by atoms with van der Waals surface area (Å²) in [7, 11) is 0. The van der Waals surface area contributed by atoms with Crippen LogP contribution < -0.4 is 0 Å². The summed E-state index contributed by atoms with van der Waals surface area (Å²) in [6.07, 6.45) is 2.19. The van der Waals surface area contributed by atoms with Crippen LogP contribution in [0.2, 0.25) is 0 Å². The summed E-state index contributed by atoms with van der Waals surface area (Å²) < 4.78 is 0. The van der Waals surface area contributed by atoms with E-state index in [4.69, 9.17) is 0 Å². The molecule has 0 saturated carbocycles. The lowest BCUT2D eigenvalue weighted by atomic mass is 10.1. The number of aromatic nitrogens is 1. The van der Waals surface area contributed by atoms with Gasteiger partial charge in [0.2, 0.25) is 0 Å². The van der Waals surface area contributed by atoms with Gasteiger partial charge in [0.15, 0.2) is 0 Å². The highest BCUT2D eigenvalue weighted by atomic mass is 16.3. The fourth-order valence-electron chi connectivity index (χ4n) is 1.94. The molecule has 0 aliphatic rings. The van der Waals surface area contributed by atoms with Crippen molar-refractivity contribution in [2.45, 2.75) is 26.7 Å². The Balaban J connectivity index is 2.66. The van der Waals surface area contributed by atoms with Crippen molar-refractivity contribution in [2.75, 3.05) is 0 Å². The summed E-state index contributed by atoms with van der Waals surface area (Å²) >= 11 is 0. The van der Waals surface area contributed by atoms with Crippen molar-refractivity contribution in [3.63, 3.8) is 0 Å². The predicted octanol–water partition coefficient (Wildman–Crippen LogP) is 3.13. The number of H-pyrrole nitrogens is 1. The molecule has 0 atom stereocenters. The van der Waals surface area contributed by atoms with E-state index in [2.05, 4.69) is 18.8 Å². The predicted molar refractivity (Wildman–Crippen MR) is 58.7 cm³/mol. The SMILES string of the molecule is CCCc1c(C)[nH]c2ccc(O)cc12. The molecule has 2 rings (SSSR count). The first-order chi connectivity index (χ1) is 6.72. The molecule has 2 aromatic rings. The molecule has 1 heterocycles. The minimum atomic E-state index is 0.342. The Bertz CT molecular complexity index is 457. The van der Waals surface area contributed by atoms with Crippen LogP contribution in [0.5, 0.6) is 5.75 Å². The van der Waals surface area contributed by atoms with Gasteiger partial charge in [0.1, 0.15) is 5.75 Å². The van der Waals surface area contributed by atoms with Crippen molar-refractivity contribution in [3.8, 4) is 5.75 Å². The third-order valence-electron chi connectivity index (χ3n) is 2.60. The zero-order chi connectivity index (χ0) is 10.1. The number of fused-ring (bicyclic) bond motifs is 1. The van der Waals surface area contributed by atoms with E-state index in [0.717, 1.165) is 23.7 Å². The molecular weight excluding hydrogens is 174 g/mol. The number of aryl methyl sites for hydroxylation is 2. The first-order valence-electron chi connectivity index (χ1n) is 5.02. The van der Waals surface area contributed by atoms with Crippen LogP contribution in [0.25, 0.3) is 10.9 Å². The van der Waals surface area contributed by atoms with Gasteiger partial charge in [0.05, 0.1) is 0 Å². The van der Waals surface area contributed by atoms with Gasteiger partial charge in [-0.2, -0.15) is 0 Å². The maximum Gasteiger partial charge on any atom is 0.116 e. The monoisotopic (exact) mass is 189 g/mol. The van der Waals surface area contributed by atoms with Crippen molar-refractivity contribution in [1.29, 1.82) is 0 Å². The third-order valence-corrected chi connectivity index (χ3v) is 2.60. The molecule has 2 heteroatoms. The van der Waals surface area contributed by atoms with Gasteiger partial charge in [-0.05, 0) is 37.1 Å². The molecule has 74 valence electrons. The third kappa shape index (κ3) is 1.37. The summed E-state index contributed by atoms with van der Waals surface area (Å²) in [5, 5.41) is 10.6. The molecule has 0 radical (unpaired) electrons. The lowest BCUT2D eigenvalue weighted by Crippen LogP contribution is -1.83. The van der Waals surface area contributed by atoms with Gasteiger partial charge < -0.3 is 10.1 Å². The van der Waals surface area contributed by atoms with E-state index in [1.54, 1.807) is 6.07 Å². The number of phenols is 1. The number of aromatic hydroxyl groups is 1. The average molecular weight is 189 g/mol. The number of rotatable bonds is 2. The zero-order valence-electron chi connectivity index (χ0n) is 8.59. The van der Waals surface area contributed by atoms with E-state index in [0.29, 0.717) is 5.75 Å². The number of hydrogen-bond acceptors (Lipinski definition) is 1. The molecule has 0 bridgehead atoms. The smallest absolute Gasteiger partial charge is 0.116 e. The van der Waals surface area contributed by atoms with E-state index in [-0.39, 0.29) is 0 Å². The minimum Gasteiger partial charge on any atom is -0.508 e. The Kier molecular flexibility index (Phi) is 2.20. The van der Waals surface area contributed by atoms with Crippen LogP contribution in [-0.4, -0.2) is 10.1 Å². The Morgan fingerprint density at radius 2 is 2.14 bits per heavy atom. The number of hydrogen-bond donors (Lipinski definition) is 2. The largest absolute Gasteiger partial charge is 0.508 e. The molecule has 0 aliphatic carbocycles. The second kappa shape index (κ2) is 3.37. The molecule has 2 nitrogen and oxygen atoms in total. The van der Waals surface area contributed by atoms with Gasteiger partial charge in [-0.15, -0.1) is 0 Å². The van der Waals surface area contributed by atoms with Crippen molar-refractivity contribution in [1.82, 2.24) is 4.98 Å². The molecule has 1 aromatic heterocycles. The van der Waals surface area contributed by atoms with Crippen molar-refractivity contribution in [2.24, 2.45) is 0 Å². The lowest BCUT2D eigenvalue weighted by Gasteiger charge is -1.98. The second-order valence-corrected chi connectivity index (χ2v) is 3.71. The fourth-order valence-corrected chi connectivity index (χ4v) is 1.94. The van der Waals surface area contributed by atoms with Gasteiger partial charge in [-0.25, -0.2) is 0 Å². The Hall–Kier alpha value is -1.44. The second-order valence-electron chi connectivity index (χ2n) is 3.71. The summed E-state index contributed by atoms with van der Waals surface area (Å²) in [5.41, 5.74) is 3.66. The lowest BCUT2D eigenvalue weighted by molar-refractivity contribution is 0.476. The summed E-state index contributed by atoms with van der Waals surface area (Å²) in [4.78, 5) is 3.33. The molecule has 0 aliphatic heterocycles. The van der Waals surface area contributed by atoms with Crippen LogP contribution in [0.4, 0.5) is 0 Å². The molecule has 2 N–H and O–H groups in total.